The van der Waals surface area contributed by atoms with Crippen molar-refractivity contribution < 1.29 is 18.3 Å². The maximum atomic E-state index is 14.6. The monoisotopic (exact) mass is 746 g/mol. The second-order valence-corrected chi connectivity index (χ2v) is 14.6. The molecule has 2 aliphatic rings. The van der Waals surface area contributed by atoms with Crippen molar-refractivity contribution in [2.24, 2.45) is 17.6 Å². The van der Waals surface area contributed by atoms with E-state index in [0.29, 0.717) is 83.3 Å². The number of ether oxygens (including phenoxy) is 2. The molecule has 0 bridgehead atoms. The number of aromatic nitrogens is 8. The van der Waals surface area contributed by atoms with Gasteiger partial charge in [-0.25, -0.2) is 38.1 Å². The van der Waals surface area contributed by atoms with E-state index in [1.54, 1.807) is 73.6 Å². The molecule has 8 rings (SSSR count). The summed E-state index contributed by atoms with van der Waals surface area (Å²) in [6.07, 6.45) is 18.7. The molecule has 0 radical (unpaired) electrons. The van der Waals surface area contributed by atoms with Crippen molar-refractivity contribution in [3.8, 4) is 45.4 Å². The van der Waals surface area contributed by atoms with E-state index in [1.165, 1.54) is 27.8 Å². The zero-order valence-corrected chi connectivity index (χ0v) is 30.7. The molecule has 2 aliphatic carbocycles. The van der Waals surface area contributed by atoms with E-state index in [4.69, 9.17) is 25.2 Å². The standard InChI is InChI=1S/C41H44F2N10O2/c1-51(32-14-11-27(12-15-32)24-54-37-19-45-26-47-40(37)29-17-48-52(21-29)35-8-4-2-6-33(35)42)23-39-46-20-38(55-25-28-10-13-31(44)16-28)41(50-39)30-18-49-53(22-30)36-9-5-3-7-34(36)43/h2-9,17-22,26-28,31-32H,10-16,23-25,44H2,1H3/t27?,28-,31+,32?/m0/s1. The molecule has 2 saturated carbocycles. The van der Waals surface area contributed by atoms with Gasteiger partial charge < -0.3 is 15.2 Å². The van der Waals surface area contributed by atoms with Gasteiger partial charge in [0.05, 0.1) is 44.5 Å². The van der Waals surface area contributed by atoms with E-state index in [2.05, 4.69) is 32.1 Å². The lowest BCUT2D eigenvalue weighted by atomic mass is 9.86. The van der Waals surface area contributed by atoms with Gasteiger partial charge in [0.2, 0.25) is 0 Å². The summed E-state index contributed by atoms with van der Waals surface area (Å²) in [5.41, 5.74) is 9.56. The molecule has 0 saturated heterocycles. The summed E-state index contributed by atoms with van der Waals surface area (Å²) in [4.78, 5) is 20.7. The van der Waals surface area contributed by atoms with Crippen LogP contribution in [-0.4, -0.2) is 76.7 Å². The van der Waals surface area contributed by atoms with Crippen LogP contribution in [0.2, 0.25) is 0 Å². The zero-order valence-electron chi connectivity index (χ0n) is 30.7. The average Bonchev–Trinajstić information content (AvgIpc) is 3.99. The molecule has 14 heteroatoms. The number of nitrogens with two attached hydrogens (primary N) is 1. The number of hydrogen-bond donors (Lipinski definition) is 1. The van der Waals surface area contributed by atoms with Crippen LogP contribution in [0.4, 0.5) is 8.78 Å². The summed E-state index contributed by atoms with van der Waals surface area (Å²) in [6, 6.07) is 13.6. The van der Waals surface area contributed by atoms with Crippen molar-refractivity contribution in [2.45, 2.75) is 63.6 Å². The Morgan fingerprint density at radius 2 is 1.33 bits per heavy atom. The Balaban J connectivity index is 0.899. The van der Waals surface area contributed by atoms with Gasteiger partial charge in [-0.2, -0.15) is 10.2 Å². The van der Waals surface area contributed by atoms with Crippen LogP contribution in [0.3, 0.4) is 0 Å². The van der Waals surface area contributed by atoms with E-state index in [-0.39, 0.29) is 17.7 Å². The van der Waals surface area contributed by atoms with Crippen molar-refractivity contribution in [3.05, 3.63) is 109 Å². The number of halogens is 2. The highest BCUT2D eigenvalue weighted by molar-refractivity contribution is 5.65. The second-order valence-electron chi connectivity index (χ2n) is 14.6. The number of benzene rings is 2. The zero-order chi connectivity index (χ0) is 37.7. The summed E-state index contributed by atoms with van der Waals surface area (Å²) >= 11 is 0. The lowest BCUT2D eigenvalue weighted by Crippen LogP contribution is -2.36. The highest BCUT2D eigenvalue weighted by atomic mass is 19.1. The van der Waals surface area contributed by atoms with Crippen molar-refractivity contribution in [1.82, 2.24) is 44.4 Å². The maximum Gasteiger partial charge on any atom is 0.164 e. The van der Waals surface area contributed by atoms with Gasteiger partial charge >= 0.3 is 0 Å². The highest BCUT2D eigenvalue weighted by Gasteiger charge is 2.27. The van der Waals surface area contributed by atoms with Crippen LogP contribution in [0.1, 0.15) is 50.8 Å². The van der Waals surface area contributed by atoms with Crippen LogP contribution in [-0.2, 0) is 6.54 Å². The molecule has 4 heterocycles. The molecule has 55 heavy (non-hydrogen) atoms. The smallest absolute Gasteiger partial charge is 0.164 e. The minimum atomic E-state index is -0.359. The SMILES string of the molecule is CN(Cc1ncc(OC[C@H]2CC[C@@H](N)C2)c(-c2cnn(-c3ccccc3F)c2)n1)C1CCC(COc2cncnc2-c2cnn(-c3ccccc3F)c2)CC1. The molecule has 0 unspecified atom stereocenters. The quantitative estimate of drug-likeness (QED) is 0.134. The van der Waals surface area contributed by atoms with Crippen molar-refractivity contribution >= 4 is 0 Å². The molecule has 4 aromatic heterocycles. The van der Waals surface area contributed by atoms with Crippen molar-refractivity contribution in [1.29, 1.82) is 0 Å². The highest BCUT2D eigenvalue weighted by Crippen LogP contribution is 2.34. The summed E-state index contributed by atoms with van der Waals surface area (Å²) < 4.78 is 44.6. The molecule has 0 spiro atoms. The Labute approximate surface area is 318 Å². The third-order valence-corrected chi connectivity index (χ3v) is 10.8. The lowest BCUT2D eigenvalue weighted by Gasteiger charge is -2.34. The van der Waals surface area contributed by atoms with E-state index in [9.17, 15) is 8.78 Å². The fourth-order valence-electron chi connectivity index (χ4n) is 7.65. The van der Waals surface area contributed by atoms with Gasteiger partial charge in [-0.05, 0) is 88.1 Å². The molecular weight excluding hydrogens is 703 g/mol. The van der Waals surface area contributed by atoms with Crippen LogP contribution >= 0.6 is 0 Å². The summed E-state index contributed by atoms with van der Waals surface area (Å²) in [7, 11) is 2.11. The molecule has 6 aromatic rings. The number of rotatable bonds is 13. The Morgan fingerprint density at radius 1 is 0.727 bits per heavy atom. The van der Waals surface area contributed by atoms with Crippen LogP contribution in [0.15, 0.2) is 92.0 Å². The Hall–Kier alpha value is -5.60. The van der Waals surface area contributed by atoms with Gasteiger partial charge in [-0.1, -0.05) is 24.3 Å². The summed E-state index contributed by atoms with van der Waals surface area (Å²) in [6.45, 7) is 1.64. The first kappa shape index (κ1) is 36.4. The van der Waals surface area contributed by atoms with Gasteiger partial charge in [0, 0.05) is 35.6 Å². The second kappa shape index (κ2) is 16.4. The van der Waals surface area contributed by atoms with Crippen LogP contribution in [0.25, 0.3) is 33.9 Å². The van der Waals surface area contributed by atoms with E-state index >= 15 is 0 Å². The van der Waals surface area contributed by atoms with Gasteiger partial charge in [-0.3, -0.25) is 4.90 Å². The van der Waals surface area contributed by atoms with Crippen molar-refractivity contribution in [3.63, 3.8) is 0 Å². The third kappa shape index (κ3) is 8.40. The normalized spacial score (nSPS) is 19.9. The maximum absolute atomic E-state index is 14.6. The minimum absolute atomic E-state index is 0.214. The van der Waals surface area contributed by atoms with Gasteiger partial charge in [-0.15, -0.1) is 0 Å². The topological polar surface area (TPSA) is 135 Å². The van der Waals surface area contributed by atoms with Gasteiger partial charge in [0.15, 0.2) is 11.5 Å². The molecule has 0 aliphatic heterocycles. The van der Waals surface area contributed by atoms with E-state index < -0.39 is 0 Å². The van der Waals surface area contributed by atoms with E-state index in [1.807, 2.05) is 0 Å². The molecule has 284 valence electrons. The van der Waals surface area contributed by atoms with Crippen LogP contribution < -0.4 is 15.2 Å². The number of hydrogen-bond acceptors (Lipinski definition) is 10. The Bertz CT molecular complexity index is 2220. The predicted molar refractivity (Wildman–Crippen MR) is 203 cm³/mol. The molecule has 0 amide bonds. The molecular formula is C41H44F2N10O2. The van der Waals surface area contributed by atoms with E-state index in [0.717, 1.165) is 50.5 Å². The first-order valence-electron chi connectivity index (χ1n) is 18.8. The Morgan fingerprint density at radius 3 is 1.96 bits per heavy atom. The molecule has 2 atom stereocenters. The van der Waals surface area contributed by atoms with Gasteiger partial charge in [0.1, 0.15) is 46.5 Å². The third-order valence-electron chi connectivity index (χ3n) is 10.8. The number of nitrogens with zero attached hydrogens (tertiary/aromatic N) is 9. The first-order chi connectivity index (χ1) is 26.9. The first-order valence-corrected chi connectivity index (χ1v) is 18.8. The summed E-state index contributed by atoms with van der Waals surface area (Å²) in [5.74, 6) is 1.86. The number of para-hydroxylation sites is 2. The fourth-order valence-corrected chi connectivity index (χ4v) is 7.65. The molecule has 12 nitrogen and oxygen atoms in total. The van der Waals surface area contributed by atoms with Crippen LogP contribution in [0, 0.1) is 23.5 Å². The average molecular weight is 747 g/mol. The minimum Gasteiger partial charge on any atom is -0.489 e. The van der Waals surface area contributed by atoms with Crippen molar-refractivity contribution in [2.75, 3.05) is 20.3 Å². The van der Waals surface area contributed by atoms with Crippen LogP contribution in [0.5, 0.6) is 11.5 Å². The predicted octanol–water partition coefficient (Wildman–Crippen LogP) is 6.83. The fraction of sp³-hybridized carbons (Fsp3) is 0.366. The van der Waals surface area contributed by atoms with Gasteiger partial charge in [0.25, 0.3) is 0 Å². The summed E-state index contributed by atoms with van der Waals surface area (Å²) in [5, 5.41) is 8.81. The Kier molecular flexibility index (Phi) is 10.9. The lowest BCUT2D eigenvalue weighted by molar-refractivity contribution is 0.129. The molecule has 2 N–H and O–H groups in total. The molecule has 2 fully saturated rings. The molecule has 2 aromatic carbocycles. The largest absolute Gasteiger partial charge is 0.489 e.